The Labute approximate surface area is 104 Å². The molecule has 16 heavy (non-hydrogen) atoms. The molecule has 0 spiro atoms. The molecule has 0 unspecified atom stereocenters. The highest BCUT2D eigenvalue weighted by Crippen LogP contribution is 2.25. The second kappa shape index (κ2) is 4.76. The number of aryl methyl sites for hydroxylation is 1. The molecular formula is C11H11Cl2N3. The Kier molecular flexibility index (Phi) is 3.36. The van der Waals surface area contributed by atoms with Gasteiger partial charge >= 0.3 is 0 Å². The van der Waals surface area contributed by atoms with Crippen molar-refractivity contribution in [1.82, 2.24) is 10.2 Å². The number of nitrogens with zero attached hydrogens (tertiary/aromatic N) is 1. The Morgan fingerprint density at radius 2 is 2.19 bits per heavy atom. The lowest BCUT2D eigenvalue weighted by Gasteiger charge is -2.08. The summed E-state index contributed by atoms with van der Waals surface area (Å²) in [4.78, 5) is 0. The molecule has 2 aromatic rings. The monoisotopic (exact) mass is 255 g/mol. The lowest BCUT2D eigenvalue weighted by molar-refractivity contribution is 1.04. The fourth-order valence-corrected chi connectivity index (χ4v) is 1.73. The minimum absolute atomic E-state index is 0.658. The van der Waals surface area contributed by atoms with Gasteiger partial charge in [-0.2, -0.15) is 5.10 Å². The Morgan fingerprint density at radius 3 is 2.88 bits per heavy atom. The highest BCUT2D eigenvalue weighted by atomic mass is 35.5. The van der Waals surface area contributed by atoms with Gasteiger partial charge in [-0.05, 0) is 25.1 Å². The molecule has 2 N–H and O–H groups in total. The number of hydrogen-bond donors (Lipinski definition) is 2. The third-order valence-corrected chi connectivity index (χ3v) is 2.90. The van der Waals surface area contributed by atoms with Crippen molar-refractivity contribution >= 4 is 28.9 Å². The van der Waals surface area contributed by atoms with E-state index in [0.29, 0.717) is 16.6 Å². The van der Waals surface area contributed by atoms with Crippen molar-refractivity contribution in [2.45, 2.75) is 13.5 Å². The molecule has 3 nitrogen and oxygen atoms in total. The topological polar surface area (TPSA) is 40.7 Å². The summed E-state index contributed by atoms with van der Waals surface area (Å²) in [7, 11) is 0. The second-order valence-corrected chi connectivity index (χ2v) is 4.34. The number of nitrogens with one attached hydrogen (secondary N) is 2. The van der Waals surface area contributed by atoms with E-state index in [2.05, 4.69) is 15.5 Å². The predicted molar refractivity (Wildman–Crippen MR) is 67.1 cm³/mol. The Morgan fingerprint density at radius 1 is 1.38 bits per heavy atom. The number of aromatic amines is 1. The summed E-state index contributed by atoms with van der Waals surface area (Å²) in [5.41, 5.74) is 2.98. The molecule has 0 saturated carbocycles. The zero-order valence-corrected chi connectivity index (χ0v) is 10.2. The van der Waals surface area contributed by atoms with Gasteiger partial charge in [0.1, 0.15) is 0 Å². The van der Waals surface area contributed by atoms with Gasteiger partial charge in [0.15, 0.2) is 0 Å². The first kappa shape index (κ1) is 11.3. The average Bonchev–Trinajstić information content (AvgIpc) is 2.66. The van der Waals surface area contributed by atoms with Crippen LogP contribution in [0.5, 0.6) is 0 Å². The molecule has 2 rings (SSSR count). The van der Waals surface area contributed by atoms with Crippen LogP contribution in [0.3, 0.4) is 0 Å². The van der Waals surface area contributed by atoms with Crippen LogP contribution in [0.25, 0.3) is 0 Å². The van der Waals surface area contributed by atoms with E-state index in [1.165, 1.54) is 0 Å². The zero-order valence-electron chi connectivity index (χ0n) is 8.72. The van der Waals surface area contributed by atoms with E-state index in [1.54, 1.807) is 24.4 Å². The first-order chi connectivity index (χ1) is 7.66. The third kappa shape index (κ3) is 2.49. The number of aromatic nitrogens is 2. The van der Waals surface area contributed by atoms with E-state index in [9.17, 15) is 0 Å². The maximum atomic E-state index is 6.03. The van der Waals surface area contributed by atoms with Crippen molar-refractivity contribution < 1.29 is 0 Å². The summed E-state index contributed by atoms with van der Waals surface area (Å²) >= 11 is 11.9. The first-order valence-corrected chi connectivity index (χ1v) is 5.60. The van der Waals surface area contributed by atoms with Crippen molar-refractivity contribution in [2.24, 2.45) is 0 Å². The van der Waals surface area contributed by atoms with Gasteiger partial charge in [0.05, 0.1) is 16.9 Å². The summed E-state index contributed by atoms with van der Waals surface area (Å²) in [6, 6.07) is 5.34. The molecule has 0 bridgehead atoms. The van der Waals surface area contributed by atoms with Crippen LogP contribution in [-0.4, -0.2) is 10.2 Å². The van der Waals surface area contributed by atoms with Gasteiger partial charge < -0.3 is 5.32 Å². The van der Waals surface area contributed by atoms with Gasteiger partial charge in [-0.25, -0.2) is 0 Å². The molecule has 0 atom stereocenters. The Bertz CT molecular complexity index is 494. The maximum absolute atomic E-state index is 6.03. The lowest BCUT2D eigenvalue weighted by atomic mass is 10.2. The van der Waals surface area contributed by atoms with Crippen LogP contribution < -0.4 is 5.32 Å². The molecule has 1 heterocycles. The van der Waals surface area contributed by atoms with Crippen LogP contribution in [-0.2, 0) is 6.54 Å². The van der Waals surface area contributed by atoms with Gasteiger partial charge in [0.25, 0.3) is 0 Å². The molecule has 1 aromatic carbocycles. The smallest absolute Gasteiger partial charge is 0.0638 e. The summed E-state index contributed by atoms with van der Waals surface area (Å²) in [6.45, 7) is 2.64. The highest BCUT2D eigenvalue weighted by Gasteiger charge is 2.03. The minimum Gasteiger partial charge on any atom is -0.380 e. The zero-order chi connectivity index (χ0) is 11.5. The van der Waals surface area contributed by atoms with Crippen molar-refractivity contribution in [1.29, 1.82) is 0 Å². The molecule has 0 aliphatic carbocycles. The lowest BCUT2D eigenvalue weighted by Crippen LogP contribution is -2.00. The number of anilines is 1. The number of rotatable bonds is 3. The molecule has 0 amide bonds. The highest BCUT2D eigenvalue weighted by molar-refractivity contribution is 6.35. The van der Waals surface area contributed by atoms with Crippen molar-refractivity contribution in [3.8, 4) is 0 Å². The van der Waals surface area contributed by atoms with E-state index in [4.69, 9.17) is 23.2 Å². The predicted octanol–water partition coefficient (Wildman–Crippen LogP) is 3.64. The fraction of sp³-hybridized carbons (Fsp3) is 0.182. The quantitative estimate of drug-likeness (QED) is 0.880. The normalized spacial score (nSPS) is 10.4. The summed E-state index contributed by atoms with van der Waals surface area (Å²) in [5.74, 6) is 0. The standard InChI is InChI=1S/C11H11Cl2N3/c1-7-8(6-15-16-7)5-14-11-4-9(12)2-3-10(11)13/h2-4,6,14H,5H2,1H3,(H,15,16). The van der Waals surface area contributed by atoms with E-state index in [-0.39, 0.29) is 0 Å². The molecule has 0 radical (unpaired) electrons. The molecule has 5 heteroatoms. The van der Waals surface area contributed by atoms with Gasteiger partial charge in [-0.3, -0.25) is 5.10 Å². The van der Waals surface area contributed by atoms with Crippen LogP contribution >= 0.6 is 23.2 Å². The summed E-state index contributed by atoms with van der Waals surface area (Å²) in [5, 5.41) is 11.4. The van der Waals surface area contributed by atoms with Crippen molar-refractivity contribution in [3.05, 3.63) is 45.7 Å². The second-order valence-electron chi connectivity index (χ2n) is 3.50. The van der Waals surface area contributed by atoms with Gasteiger partial charge in [0.2, 0.25) is 0 Å². The molecular weight excluding hydrogens is 245 g/mol. The van der Waals surface area contributed by atoms with Crippen molar-refractivity contribution in [2.75, 3.05) is 5.32 Å². The van der Waals surface area contributed by atoms with Gasteiger partial charge in [-0.1, -0.05) is 23.2 Å². The maximum Gasteiger partial charge on any atom is 0.0638 e. The summed E-state index contributed by atoms with van der Waals surface area (Å²) < 4.78 is 0. The molecule has 0 fully saturated rings. The fourth-order valence-electron chi connectivity index (χ4n) is 1.38. The molecule has 0 saturated heterocycles. The van der Waals surface area contributed by atoms with Crippen LogP contribution in [0.4, 0.5) is 5.69 Å². The van der Waals surface area contributed by atoms with Crippen LogP contribution in [0.2, 0.25) is 10.0 Å². The molecule has 0 aliphatic heterocycles. The van der Waals surface area contributed by atoms with E-state index >= 15 is 0 Å². The van der Waals surface area contributed by atoms with E-state index in [1.807, 2.05) is 6.92 Å². The van der Waals surface area contributed by atoms with Gasteiger partial charge in [0, 0.05) is 22.8 Å². The minimum atomic E-state index is 0.658. The largest absolute Gasteiger partial charge is 0.380 e. The number of benzene rings is 1. The van der Waals surface area contributed by atoms with Crippen LogP contribution in [0.1, 0.15) is 11.3 Å². The Hall–Kier alpha value is -1.19. The van der Waals surface area contributed by atoms with E-state index < -0.39 is 0 Å². The van der Waals surface area contributed by atoms with E-state index in [0.717, 1.165) is 16.9 Å². The molecule has 84 valence electrons. The average molecular weight is 256 g/mol. The Balaban J connectivity index is 2.10. The molecule has 1 aromatic heterocycles. The summed E-state index contributed by atoms with van der Waals surface area (Å²) in [6.07, 6.45) is 1.79. The van der Waals surface area contributed by atoms with Crippen LogP contribution in [0.15, 0.2) is 24.4 Å². The first-order valence-electron chi connectivity index (χ1n) is 4.84. The molecule has 0 aliphatic rings. The van der Waals surface area contributed by atoms with Gasteiger partial charge in [-0.15, -0.1) is 0 Å². The third-order valence-electron chi connectivity index (χ3n) is 2.33. The van der Waals surface area contributed by atoms with Crippen LogP contribution in [0, 0.1) is 6.92 Å². The SMILES string of the molecule is Cc1[nH]ncc1CNc1cc(Cl)ccc1Cl. The number of H-pyrrole nitrogens is 1. The number of halogens is 2. The number of hydrogen-bond acceptors (Lipinski definition) is 2. The van der Waals surface area contributed by atoms with Crippen molar-refractivity contribution in [3.63, 3.8) is 0 Å².